The summed E-state index contributed by atoms with van der Waals surface area (Å²) in [5, 5.41) is 23.2. The summed E-state index contributed by atoms with van der Waals surface area (Å²) >= 11 is 0. The molecule has 0 saturated heterocycles. The van der Waals surface area contributed by atoms with Gasteiger partial charge in [-0.25, -0.2) is 8.78 Å². The van der Waals surface area contributed by atoms with E-state index in [9.17, 15) is 29.4 Å². The standard InChI is InChI=1S/C25H32F2O8/c1-12(28)34-11-20(32)25(33)21(35-13(2)29)9-15-16-8-18(26)17-7-14(30)5-6-22(17,3)24(16,27)19(31)10-23(15,25)4/h7,15-16,18-19,21,31,33H,5-6,8-11H2,1-4H3/t15-,16-,18-,19-,21+,22-,23-,24-,25+/m0/s1/i5T,6T/t5?,6?,15-,16-,18-,19-,21+,22-,23-,24-,25+. The first-order valence-corrected chi connectivity index (χ1v) is 11.7. The van der Waals surface area contributed by atoms with Crippen molar-refractivity contribution in [2.24, 2.45) is 22.7 Å². The molecule has 3 saturated carbocycles. The summed E-state index contributed by atoms with van der Waals surface area (Å²) in [4.78, 5) is 48.8. The number of aliphatic hydroxyl groups excluding tert-OH is 1. The minimum atomic E-state index is -2.69. The van der Waals surface area contributed by atoms with Crippen LogP contribution in [0.1, 0.15) is 62.5 Å². The Hall–Kier alpha value is -2.20. The number of fused-ring (bicyclic) bond motifs is 5. The van der Waals surface area contributed by atoms with E-state index >= 15 is 8.78 Å². The molecule has 4 aliphatic rings. The Kier molecular flexibility index (Phi) is 5.41. The van der Waals surface area contributed by atoms with Gasteiger partial charge in [0.15, 0.2) is 18.0 Å². The number of hydrogen-bond donors (Lipinski definition) is 2. The van der Waals surface area contributed by atoms with E-state index in [0.717, 1.165) is 19.9 Å². The zero-order valence-electron chi connectivity index (χ0n) is 22.0. The lowest BCUT2D eigenvalue weighted by molar-refractivity contribution is -0.236. The smallest absolute Gasteiger partial charge is 0.303 e. The van der Waals surface area contributed by atoms with Crippen molar-refractivity contribution in [3.05, 3.63) is 11.6 Å². The van der Waals surface area contributed by atoms with E-state index < -0.39 is 108 Å². The van der Waals surface area contributed by atoms with Gasteiger partial charge < -0.3 is 19.7 Å². The molecule has 0 amide bonds. The van der Waals surface area contributed by atoms with Crippen LogP contribution in [0.15, 0.2) is 11.6 Å². The monoisotopic (exact) mass is 502 g/mol. The molecule has 0 aromatic carbocycles. The molecule has 0 heterocycles. The fraction of sp³-hybridized carbons (Fsp3) is 0.760. The van der Waals surface area contributed by atoms with Crippen LogP contribution in [0, 0.1) is 22.7 Å². The van der Waals surface area contributed by atoms with Gasteiger partial charge in [-0.2, -0.15) is 0 Å². The molecule has 2 unspecified atom stereocenters. The SMILES string of the molecule is [3H]C1C(=O)C=C2[C@@H](F)C[C@H]3[C@@H]4C[C@@H](OC(C)=O)[C@](O)(C(=O)COC(C)=O)[C@@]4(C)C[C@H](O)[C@]3(F)[C@@]2(C)C1[3H]. The van der Waals surface area contributed by atoms with Gasteiger partial charge in [0.05, 0.1) is 6.10 Å². The maximum absolute atomic E-state index is 17.4. The lowest BCUT2D eigenvalue weighted by Crippen LogP contribution is -2.71. The van der Waals surface area contributed by atoms with Crippen molar-refractivity contribution in [3.8, 4) is 0 Å². The Balaban J connectivity index is 1.86. The van der Waals surface area contributed by atoms with E-state index in [1.54, 1.807) is 0 Å². The van der Waals surface area contributed by atoms with E-state index in [1.165, 1.54) is 13.8 Å². The van der Waals surface area contributed by atoms with E-state index in [1.807, 2.05) is 0 Å². The summed E-state index contributed by atoms with van der Waals surface area (Å²) in [6.07, 6.45) is -9.15. The number of alkyl halides is 2. The third kappa shape index (κ3) is 3.35. The molecule has 2 N–H and O–H groups in total. The number of carbonyl (C=O) groups excluding carboxylic acids is 4. The molecule has 11 atom stereocenters. The summed E-state index contributed by atoms with van der Waals surface area (Å²) in [5.74, 6) is -5.83. The van der Waals surface area contributed by atoms with Crippen LogP contribution in [-0.2, 0) is 28.7 Å². The first-order chi connectivity index (χ1) is 17.0. The van der Waals surface area contributed by atoms with E-state index in [2.05, 4.69) is 0 Å². The molecule has 4 aliphatic carbocycles. The summed E-state index contributed by atoms with van der Waals surface area (Å²) < 4.78 is 59.9. The predicted octanol–water partition coefficient (Wildman–Crippen LogP) is 1.93. The molecule has 0 bridgehead atoms. The predicted molar refractivity (Wildman–Crippen MR) is 116 cm³/mol. The van der Waals surface area contributed by atoms with Gasteiger partial charge >= 0.3 is 11.9 Å². The van der Waals surface area contributed by atoms with Crippen molar-refractivity contribution in [3.63, 3.8) is 0 Å². The van der Waals surface area contributed by atoms with Crippen molar-refractivity contribution in [1.29, 1.82) is 0 Å². The highest BCUT2D eigenvalue weighted by Crippen LogP contribution is 2.70. The number of halogens is 2. The molecule has 194 valence electrons. The van der Waals surface area contributed by atoms with Gasteiger partial charge in [0, 0.05) is 39.7 Å². The fourth-order valence-electron chi connectivity index (χ4n) is 7.30. The van der Waals surface area contributed by atoms with Gasteiger partial charge in [0.2, 0.25) is 5.78 Å². The number of ether oxygens (including phenoxy) is 2. The minimum absolute atomic E-state index is 0.255. The molecule has 0 aromatic heterocycles. The minimum Gasteiger partial charge on any atom is -0.459 e. The van der Waals surface area contributed by atoms with Crippen molar-refractivity contribution in [1.82, 2.24) is 0 Å². The number of aliphatic hydroxyl groups is 2. The molecule has 0 aromatic rings. The van der Waals surface area contributed by atoms with Gasteiger partial charge in [0.1, 0.15) is 17.9 Å². The number of carbonyl (C=O) groups is 4. The summed E-state index contributed by atoms with van der Waals surface area (Å²) in [7, 11) is 0. The first-order valence-electron chi connectivity index (χ1n) is 12.8. The van der Waals surface area contributed by atoms with Crippen molar-refractivity contribution >= 4 is 23.5 Å². The number of rotatable bonds is 4. The second kappa shape index (κ2) is 8.16. The van der Waals surface area contributed by atoms with Crippen molar-refractivity contribution in [2.45, 2.75) is 89.4 Å². The van der Waals surface area contributed by atoms with Gasteiger partial charge in [-0.05, 0) is 43.2 Å². The number of esters is 2. The largest absolute Gasteiger partial charge is 0.459 e. The third-order valence-electron chi connectivity index (χ3n) is 8.96. The highest BCUT2D eigenvalue weighted by Gasteiger charge is 2.78. The van der Waals surface area contributed by atoms with E-state index in [0.29, 0.717) is 0 Å². The highest BCUT2D eigenvalue weighted by molar-refractivity contribution is 5.93. The molecule has 0 spiro atoms. The van der Waals surface area contributed by atoms with Crippen LogP contribution in [0.5, 0.6) is 0 Å². The summed E-state index contributed by atoms with van der Waals surface area (Å²) in [6, 6.07) is 0. The summed E-state index contributed by atoms with van der Waals surface area (Å²) in [5.41, 5.74) is -9.15. The second-order valence-electron chi connectivity index (χ2n) is 10.7. The molecule has 8 nitrogen and oxygen atoms in total. The van der Waals surface area contributed by atoms with Crippen molar-refractivity contribution < 1.29 is 50.4 Å². The van der Waals surface area contributed by atoms with Crippen LogP contribution < -0.4 is 0 Å². The van der Waals surface area contributed by atoms with Crippen molar-refractivity contribution in [2.75, 3.05) is 6.61 Å². The quantitative estimate of drug-likeness (QED) is 0.559. The first kappa shape index (κ1) is 23.2. The fourth-order valence-corrected chi connectivity index (χ4v) is 7.30. The Labute approximate surface area is 204 Å². The number of Topliss-reactive ketones (excluding diaryl/α,β-unsaturated/α-hetero) is 1. The molecule has 10 heteroatoms. The zero-order chi connectivity index (χ0) is 27.9. The topological polar surface area (TPSA) is 127 Å². The maximum atomic E-state index is 17.4. The molecule has 0 radical (unpaired) electrons. The van der Waals surface area contributed by atoms with Crippen LogP contribution in [0.4, 0.5) is 8.78 Å². The van der Waals surface area contributed by atoms with Crippen LogP contribution in [-0.4, -0.2) is 70.0 Å². The van der Waals surface area contributed by atoms with Crippen LogP contribution in [0.2, 0.25) is 0 Å². The number of ketones is 2. The summed E-state index contributed by atoms with van der Waals surface area (Å²) in [6.45, 7) is 3.92. The van der Waals surface area contributed by atoms with Gasteiger partial charge in [-0.15, -0.1) is 0 Å². The molecule has 3 fully saturated rings. The van der Waals surface area contributed by atoms with Crippen LogP contribution >= 0.6 is 0 Å². The number of hydrogen-bond acceptors (Lipinski definition) is 8. The Morgan fingerprint density at radius 1 is 1.20 bits per heavy atom. The third-order valence-corrected chi connectivity index (χ3v) is 8.96. The second-order valence-corrected chi connectivity index (χ2v) is 10.7. The lowest BCUT2D eigenvalue weighted by atomic mass is 9.43. The lowest BCUT2D eigenvalue weighted by Gasteiger charge is -2.63. The molecular weight excluding hydrogens is 466 g/mol. The van der Waals surface area contributed by atoms with Gasteiger partial charge in [-0.1, -0.05) is 13.8 Å². The Morgan fingerprint density at radius 2 is 1.86 bits per heavy atom. The van der Waals surface area contributed by atoms with Gasteiger partial charge in [0.25, 0.3) is 0 Å². The molecule has 0 aliphatic heterocycles. The van der Waals surface area contributed by atoms with Crippen LogP contribution in [0.25, 0.3) is 0 Å². The van der Waals surface area contributed by atoms with Crippen LogP contribution in [0.3, 0.4) is 0 Å². The zero-order valence-corrected chi connectivity index (χ0v) is 20.0. The number of allylic oxidation sites excluding steroid dienone is 1. The average Bonchev–Trinajstić information content (AvgIpc) is 3.02. The van der Waals surface area contributed by atoms with E-state index in [-0.39, 0.29) is 12.0 Å². The molecule has 35 heavy (non-hydrogen) atoms. The molecular formula is C25H32F2O8. The normalized spacial score (nSPS) is 51.6. The van der Waals surface area contributed by atoms with Gasteiger partial charge in [-0.3, -0.25) is 19.2 Å². The van der Waals surface area contributed by atoms with E-state index in [4.69, 9.17) is 12.2 Å². The maximum Gasteiger partial charge on any atom is 0.303 e. The Bertz CT molecular complexity index is 1080. The Morgan fingerprint density at radius 3 is 2.46 bits per heavy atom. The molecule has 4 rings (SSSR count). The highest BCUT2D eigenvalue weighted by atomic mass is 19.1. The average molecular weight is 503 g/mol.